The SMILES string of the molecule is C=C[C]1[SiH2][SiH2]1. The minimum Gasteiger partial charge on any atom is -0.103 e. The van der Waals surface area contributed by atoms with Crippen molar-refractivity contribution in [3.8, 4) is 0 Å². The molecule has 2 heteroatoms. The first-order valence-electron chi connectivity index (χ1n) is 1.90. The van der Waals surface area contributed by atoms with Gasteiger partial charge in [-0.05, 0) is 5.16 Å². The molecule has 0 aromatic heterocycles. The summed E-state index contributed by atoms with van der Waals surface area (Å²) >= 11 is 0. The Hall–Kier alpha value is 0.174. The number of hydrogen-bond donors (Lipinski definition) is 0. The van der Waals surface area contributed by atoms with Crippen molar-refractivity contribution in [1.29, 1.82) is 0 Å². The van der Waals surface area contributed by atoms with Gasteiger partial charge in [-0.3, -0.25) is 0 Å². The molecule has 1 fully saturated rings. The Labute approximate surface area is 36.7 Å². The van der Waals surface area contributed by atoms with Crippen LogP contribution in [0.15, 0.2) is 12.7 Å². The summed E-state index contributed by atoms with van der Waals surface area (Å²) < 4.78 is 0. The molecule has 1 saturated heterocycles. The Morgan fingerprint density at radius 1 is 1.60 bits per heavy atom. The molecule has 1 aliphatic heterocycles. The Morgan fingerprint density at radius 3 is 2.20 bits per heavy atom. The second-order valence-electron chi connectivity index (χ2n) is 1.36. The van der Waals surface area contributed by atoms with Gasteiger partial charge in [-0.25, -0.2) is 0 Å². The molecule has 0 N–H and O–H groups in total. The lowest BCUT2D eigenvalue weighted by Crippen LogP contribution is -1.55. The summed E-state index contributed by atoms with van der Waals surface area (Å²) in [7, 11) is 1.04. The van der Waals surface area contributed by atoms with Crippen LogP contribution in [0.3, 0.4) is 0 Å². The van der Waals surface area contributed by atoms with E-state index in [9.17, 15) is 0 Å². The largest absolute Gasteiger partial charge is 0.103 e. The van der Waals surface area contributed by atoms with Crippen molar-refractivity contribution in [2.75, 3.05) is 0 Å². The van der Waals surface area contributed by atoms with Crippen molar-refractivity contribution in [2.24, 2.45) is 0 Å². The lowest BCUT2D eigenvalue weighted by Gasteiger charge is -1.62. The molecule has 0 spiro atoms. The maximum absolute atomic E-state index is 3.66. The standard InChI is InChI=1S/C3H7Si2/c1-2-3-4-5-3/h2H,1,4-5H2. The van der Waals surface area contributed by atoms with Crippen LogP contribution < -0.4 is 0 Å². The number of rotatable bonds is 1. The summed E-state index contributed by atoms with van der Waals surface area (Å²) in [6.07, 6.45) is 2.07. The smallest absolute Gasteiger partial charge is 0.0168 e. The van der Waals surface area contributed by atoms with Gasteiger partial charge in [0.2, 0.25) is 0 Å². The molecule has 27 valence electrons. The number of allylic oxidation sites excluding steroid dienone is 1. The summed E-state index contributed by atoms with van der Waals surface area (Å²) in [6, 6.07) is 0. The van der Waals surface area contributed by atoms with E-state index in [4.69, 9.17) is 0 Å². The lowest BCUT2D eigenvalue weighted by molar-refractivity contribution is 1.99. The molecule has 1 radical (unpaired) electrons. The second kappa shape index (κ2) is 1.10. The maximum Gasteiger partial charge on any atom is 0.0168 e. The zero-order chi connectivity index (χ0) is 3.70. The molecule has 0 amide bonds. The Bertz CT molecular complexity index is 46.9. The van der Waals surface area contributed by atoms with E-state index in [0.29, 0.717) is 18.1 Å². The van der Waals surface area contributed by atoms with Gasteiger partial charge in [0, 0.05) is 18.1 Å². The lowest BCUT2D eigenvalue weighted by atomic mass is 10.7. The molecule has 0 aliphatic carbocycles. The molecule has 1 aliphatic rings. The maximum atomic E-state index is 3.66. The summed E-state index contributed by atoms with van der Waals surface area (Å²) in [5, 5.41) is 1.80. The second-order valence-corrected chi connectivity index (χ2v) is 8.18. The first-order valence-corrected chi connectivity index (χ1v) is 7.32. The molecular formula is C3H7Si2. The highest BCUT2D eigenvalue weighted by Gasteiger charge is 2.18. The molecule has 1 heterocycles. The quantitative estimate of drug-likeness (QED) is 0.367. The Balaban J connectivity index is 2.21. The van der Waals surface area contributed by atoms with Crippen molar-refractivity contribution in [2.45, 2.75) is 0 Å². The molecule has 0 aromatic carbocycles. The zero-order valence-corrected chi connectivity index (χ0v) is 6.03. The topological polar surface area (TPSA) is 0 Å². The van der Waals surface area contributed by atoms with E-state index in [-0.39, 0.29) is 0 Å². The normalized spacial score (nSPS) is 32.0. The third-order valence-corrected chi connectivity index (χ3v) is 5.71. The van der Waals surface area contributed by atoms with Gasteiger partial charge in [0.15, 0.2) is 0 Å². The van der Waals surface area contributed by atoms with Gasteiger partial charge < -0.3 is 0 Å². The summed E-state index contributed by atoms with van der Waals surface area (Å²) in [6.45, 7) is 3.66. The minimum absolute atomic E-state index is 0.518. The van der Waals surface area contributed by atoms with Gasteiger partial charge in [0.1, 0.15) is 0 Å². The highest BCUT2D eigenvalue weighted by molar-refractivity contribution is 7.29. The van der Waals surface area contributed by atoms with Crippen LogP contribution in [-0.2, 0) is 0 Å². The molecular weight excluding hydrogens is 92.2 g/mol. The van der Waals surface area contributed by atoms with Crippen molar-refractivity contribution in [1.82, 2.24) is 0 Å². The predicted octanol–water partition coefficient (Wildman–Crippen LogP) is -1.07. The van der Waals surface area contributed by atoms with E-state index in [1.807, 2.05) is 0 Å². The van der Waals surface area contributed by atoms with E-state index in [1.54, 1.807) is 5.16 Å². The van der Waals surface area contributed by atoms with E-state index in [2.05, 4.69) is 12.7 Å². The van der Waals surface area contributed by atoms with Crippen LogP contribution in [0.5, 0.6) is 0 Å². The van der Waals surface area contributed by atoms with Crippen molar-refractivity contribution in [3.63, 3.8) is 0 Å². The van der Waals surface area contributed by atoms with E-state index < -0.39 is 0 Å². The fraction of sp³-hybridized carbons (Fsp3) is 0. The van der Waals surface area contributed by atoms with Crippen LogP contribution in [0.2, 0.25) is 0 Å². The average Bonchev–Trinajstić information content (AvgIpc) is 2.12. The van der Waals surface area contributed by atoms with E-state index in [1.165, 1.54) is 0 Å². The van der Waals surface area contributed by atoms with E-state index in [0.717, 1.165) is 0 Å². The monoisotopic (exact) mass is 99.0 g/mol. The average molecular weight is 99.3 g/mol. The van der Waals surface area contributed by atoms with Gasteiger partial charge in [-0.15, -0.1) is 6.58 Å². The third kappa shape index (κ3) is 0.737. The molecule has 0 saturated carbocycles. The highest BCUT2D eigenvalue weighted by atomic mass is 29.2. The summed E-state index contributed by atoms with van der Waals surface area (Å²) in [5.41, 5.74) is 0. The highest BCUT2D eigenvalue weighted by Crippen LogP contribution is 2.07. The molecule has 0 aromatic rings. The van der Waals surface area contributed by atoms with Crippen molar-refractivity contribution >= 4 is 18.1 Å². The Morgan fingerprint density at radius 2 is 2.20 bits per heavy atom. The molecule has 5 heavy (non-hydrogen) atoms. The van der Waals surface area contributed by atoms with Gasteiger partial charge in [-0.1, -0.05) is 6.08 Å². The zero-order valence-electron chi connectivity index (χ0n) is 3.20. The van der Waals surface area contributed by atoms with Crippen molar-refractivity contribution < 1.29 is 0 Å². The van der Waals surface area contributed by atoms with Crippen LogP contribution in [-0.4, -0.2) is 18.1 Å². The molecule has 0 unspecified atom stereocenters. The Kier molecular flexibility index (Phi) is 0.743. The fourth-order valence-corrected chi connectivity index (χ4v) is 2.49. The van der Waals surface area contributed by atoms with Crippen LogP contribution in [0.1, 0.15) is 0 Å². The number of hydrogen-bond acceptors (Lipinski definition) is 0. The molecule has 1 rings (SSSR count). The summed E-state index contributed by atoms with van der Waals surface area (Å²) in [5.74, 6) is 0. The van der Waals surface area contributed by atoms with Crippen LogP contribution in [0.4, 0.5) is 0 Å². The molecule has 0 bridgehead atoms. The van der Waals surface area contributed by atoms with Gasteiger partial charge in [0.05, 0.1) is 0 Å². The van der Waals surface area contributed by atoms with Gasteiger partial charge in [-0.2, -0.15) is 0 Å². The fourth-order valence-electron chi connectivity index (χ4n) is 0.276. The van der Waals surface area contributed by atoms with Crippen LogP contribution in [0.25, 0.3) is 0 Å². The van der Waals surface area contributed by atoms with Crippen LogP contribution in [0, 0.1) is 5.16 Å². The van der Waals surface area contributed by atoms with Gasteiger partial charge in [0.25, 0.3) is 0 Å². The van der Waals surface area contributed by atoms with E-state index >= 15 is 0 Å². The first-order chi connectivity index (χ1) is 2.43. The predicted molar refractivity (Wildman–Crippen MR) is 30.5 cm³/mol. The van der Waals surface area contributed by atoms with Gasteiger partial charge >= 0.3 is 0 Å². The molecule has 0 atom stereocenters. The molecule has 0 nitrogen and oxygen atoms in total. The third-order valence-electron chi connectivity index (χ3n) is 0.827. The summed E-state index contributed by atoms with van der Waals surface area (Å²) in [4.78, 5) is 0. The van der Waals surface area contributed by atoms with Crippen LogP contribution >= 0.6 is 0 Å². The first kappa shape index (κ1) is 3.37. The van der Waals surface area contributed by atoms with Crippen molar-refractivity contribution in [3.05, 3.63) is 17.8 Å². The minimum atomic E-state index is 0.518.